The van der Waals surface area contributed by atoms with Crippen molar-refractivity contribution in [2.75, 3.05) is 13.1 Å². The maximum atomic E-state index is 11.8. The molecule has 0 bridgehead atoms. The van der Waals surface area contributed by atoms with Gasteiger partial charge in [-0.2, -0.15) is 0 Å². The Morgan fingerprint density at radius 1 is 1.35 bits per heavy atom. The van der Waals surface area contributed by atoms with E-state index in [1.54, 1.807) is 4.90 Å². The van der Waals surface area contributed by atoms with E-state index in [0.717, 1.165) is 18.5 Å². The molecule has 0 radical (unpaired) electrons. The van der Waals surface area contributed by atoms with Crippen LogP contribution in [0.4, 0.5) is 4.79 Å². The van der Waals surface area contributed by atoms with Crippen LogP contribution in [0.25, 0.3) is 0 Å². The average Bonchev–Trinajstić information content (AvgIpc) is 2.38. The van der Waals surface area contributed by atoms with Gasteiger partial charge in [0, 0.05) is 13.1 Å². The molecule has 1 aromatic carbocycles. The highest BCUT2D eigenvalue weighted by atomic mass is 127. The van der Waals surface area contributed by atoms with Crippen molar-refractivity contribution >= 4 is 28.7 Å². The van der Waals surface area contributed by atoms with E-state index < -0.39 is 0 Å². The van der Waals surface area contributed by atoms with Crippen LogP contribution >= 0.6 is 22.6 Å². The summed E-state index contributed by atoms with van der Waals surface area (Å²) in [6.45, 7) is 1.76. The lowest BCUT2D eigenvalue weighted by Gasteiger charge is -2.24. The third-order valence-corrected chi connectivity index (χ3v) is 3.60. The number of amides is 1. The van der Waals surface area contributed by atoms with Crippen LogP contribution in [0.1, 0.15) is 12.0 Å². The summed E-state index contributed by atoms with van der Waals surface area (Å²) >= 11 is 2.30. The van der Waals surface area contributed by atoms with Crippen LogP contribution in [0.15, 0.2) is 40.0 Å². The summed E-state index contributed by atoms with van der Waals surface area (Å²) in [5, 5.41) is 0. The average molecular weight is 343 g/mol. The largest absolute Gasteiger partial charge is 0.445 e. The molecule has 0 aliphatic carbocycles. The van der Waals surface area contributed by atoms with E-state index in [2.05, 4.69) is 28.7 Å². The van der Waals surface area contributed by atoms with Gasteiger partial charge in [0.1, 0.15) is 6.61 Å². The molecule has 0 saturated heterocycles. The van der Waals surface area contributed by atoms with E-state index in [4.69, 9.17) is 4.74 Å². The van der Waals surface area contributed by atoms with Crippen molar-refractivity contribution in [3.63, 3.8) is 0 Å². The van der Waals surface area contributed by atoms with E-state index in [-0.39, 0.29) is 6.09 Å². The van der Waals surface area contributed by atoms with Crippen molar-refractivity contribution in [3.05, 3.63) is 45.6 Å². The highest BCUT2D eigenvalue weighted by Gasteiger charge is 2.17. The fourth-order valence-electron chi connectivity index (χ4n) is 1.62. The molecule has 1 aromatic rings. The zero-order chi connectivity index (χ0) is 12.1. The van der Waals surface area contributed by atoms with Gasteiger partial charge in [0.15, 0.2) is 0 Å². The summed E-state index contributed by atoms with van der Waals surface area (Å²) in [5.74, 6) is 0. The molecule has 2 rings (SSSR count). The normalized spacial score (nSPS) is 15.4. The molecular weight excluding hydrogens is 329 g/mol. The standard InChI is InChI=1S/C13H14INO2/c14-12-6-8-15(9-7-12)13(16)17-10-11-4-2-1-3-5-11/h1-6H,7-10H2. The molecule has 0 unspecified atom stereocenters. The smallest absolute Gasteiger partial charge is 0.410 e. The molecule has 0 saturated carbocycles. The van der Waals surface area contributed by atoms with E-state index in [1.165, 1.54) is 3.58 Å². The third-order valence-electron chi connectivity index (χ3n) is 2.62. The minimum atomic E-state index is -0.228. The Morgan fingerprint density at radius 2 is 2.12 bits per heavy atom. The Hall–Kier alpha value is -1.04. The first-order valence-corrected chi connectivity index (χ1v) is 6.64. The monoisotopic (exact) mass is 343 g/mol. The maximum Gasteiger partial charge on any atom is 0.410 e. The molecule has 3 nitrogen and oxygen atoms in total. The number of carbonyl (C=O) groups is 1. The van der Waals surface area contributed by atoms with Crippen LogP contribution in [0.3, 0.4) is 0 Å². The van der Waals surface area contributed by atoms with Crippen LogP contribution < -0.4 is 0 Å². The number of benzene rings is 1. The van der Waals surface area contributed by atoms with Gasteiger partial charge in [-0.05, 0) is 38.2 Å². The molecule has 1 heterocycles. The van der Waals surface area contributed by atoms with E-state index >= 15 is 0 Å². The Morgan fingerprint density at radius 3 is 2.76 bits per heavy atom. The first-order valence-electron chi connectivity index (χ1n) is 5.56. The predicted octanol–water partition coefficient (Wildman–Crippen LogP) is 3.35. The molecule has 17 heavy (non-hydrogen) atoms. The minimum absolute atomic E-state index is 0.228. The molecule has 0 aromatic heterocycles. The summed E-state index contributed by atoms with van der Waals surface area (Å²) < 4.78 is 6.57. The molecule has 0 atom stereocenters. The van der Waals surface area contributed by atoms with Crippen LogP contribution in [0.5, 0.6) is 0 Å². The summed E-state index contributed by atoms with van der Waals surface area (Å²) in [4.78, 5) is 13.5. The molecule has 1 aliphatic heterocycles. The molecular formula is C13H14INO2. The highest BCUT2D eigenvalue weighted by molar-refractivity contribution is 14.1. The van der Waals surface area contributed by atoms with Crippen LogP contribution in [-0.4, -0.2) is 24.1 Å². The highest BCUT2D eigenvalue weighted by Crippen LogP contribution is 2.17. The fraction of sp³-hybridized carbons (Fsp3) is 0.308. The van der Waals surface area contributed by atoms with E-state index in [9.17, 15) is 4.79 Å². The fourth-order valence-corrected chi connectivity index (χ4v) is 2.06. The van der Waals surface area contributed by atoms with Gasteiger partial charge in [0.05, 0.1) is 0 Å². The number of ether oxygens (including phenoxy) is 1. The van der Waals surface area contributed by atoms with Crippen molar-refractivity contribution < 1.29 is 9.53 Å². The van der Waals surface area contributed by atoms with Gasteiger partial charge in [-0.15, -0.1) is 0 Å². The van der Waals surface area contributed by atoms with Crippen molar-refractivity contribution in [2.24, 2.45) is 0 Å². The van der Waals surface area contributed by atoms with Gasteiger partial charge in [0.25, 0.3) is 0 Å². The van der Waals surface area contributed by atoms with Crippen molar-refractivity contribution in [3.8, 4) is 0 Å². The second-order valence-electron chi connectivity index (χ2n) is 3.89. The van der Waals surface area contributed by atoms with Crippen LogP contribution in [0, 0.1) is 0 Å². The van der Waals surface area contributed by atoms with Gasteiger partial charge >= 0.3 is 6.09 Å². The SMILES string of the molecule is O=C(OCc1ccccc1)N1CC=C(I)CC1. The van der Waals surface area contributed by atoms with Crippen molar-refractivity contribution in [1.82, 2.24) is 4.90 Å². The number of halogens is 1. The van der Waals surface area contributed by atoms with Crippen molar-refractivity contribution in [2.45, 2.75) is 13.0 Å². The zero-order valence-electron chi connectivity index (χ0n) is 9.43. The molecule has 1 amide bonds. The second kappa shape index (κ2) is 6.05. The molecule has 90 valence electrons. The summed E-state index contributed by atoms with van der Waals surface area (Å²) in [7, 11) is 0. The number of carbonyl (C=O) groups excluding carboxylic acids is 1. The zero-order valence-corrected chi connectivity index (χ0v) is 11.6. The number of hydrogen-bond acceptors (Lipinski definition) is 2. The summed E-state index contributed by atoms with van der Waals surface area (Å²) in [5.41, 5.74) is 1.02. The Bertz CT molecular complexity index is 417. The number of nitrogens with zero attached hydrogens (tertiary/aromatic N) is 1. The van der Waals surface area contributed by atoms with Gasteiger partial charge in [-0.1, -0.05) is 36.4 Å². The molecule has 0 fully saturated rings. The van der Waals surface area contributed by atoms with Crippen molar-refractivity contribution in [1.29, 1.82) is 0 Å². The summed E-state index contributed by atoms with van der Waals surface area (Å²) in [6.07, 6.45) is 2.77. The first-order chi connectivity index (χ1) is 8.25. The maximum absolute atomic E-state index is 11.8. The Kier molecular flexibility index (Phi) is 4.42. The topological polar surface area (TPSA) is 29.5 Å². The van der Waals surface area contributed by atoms with Gasteiger partial charge in [-0.25, -0.2) is 4.79 Å². The Balaban J connectivity index is 1.82. The quantitative estimate of drug-likeness (QED) is 0.771. The minimum Gasteiger partial charge on any atom is -0.445 e. The Labute approximate surface area is 115 Å². The predicted molar refractivity (Wildman–Crippen MR) is 74.9 cm³/mol. The number of hydrogen-bond donors (Lipinski definition) is 0. The number of rotatable bonds is 2. The molecule has 1 aliphatic rings. The lowest BCUT2D eigenvalue weighted by molar-refractivity contribution is 0.0994. The van der Waals surface area contributed by atoms with Crippen LogP contribution in [0.2, 0.25) is 0 Å². The van der Waals surface area contributed by atoms with E-state index in [1.807, 2.05) is 30.3 Å². The van der Waals surface area contributed by atoms with Gasteiger partial charge < -0.3 is 9.64 Å². The first kappa shape index (κ1) is 12.4. The third kappa shape index (κ3) is 3.73. The molecule has 0 spiro atoms. The molecule has 4 heteroatoms. The molecule has 0 N–H and O–H groups in total. The van der Waals surface area contributed by atoms with Gasteiger partial charge in [0.2, 0.25) is 0 Å². The van der Waals surface area contributed by atoms with Gasteiger partial charge in [-0.3, -0.25) is 0 Å². The second-order valence-corrected chi connectivity index (χ2v) is 5.27. The lowest BCUT2D eigenvalue weighted by atomic mass is 10.2. The van der Waals surface area contributed by atoms with E-state index in [0.29, 0.717) is 13.2 Å². The summed E-state index contributed by atoms with van der Waals surface area (Å²) in [6, 6.07) is 9.73. The lowest BCUT2D eigenvalue weighted by Crippen LogP contribution is -2.34. The van der Waals surface area contributed by atoms with Crippen LogP contribution in [-0.2, 0) is 11.3 Å².